The number of aryl methyl sites for hydroxylation is 2. The molecule has 2 aliphatic heterocycles. The van der Waals surface area contributed by atoms with Crippen LogP contribution in [0.15, 0.2) is 59.5 Å². The van der Waals surface area contributed by atoms with Gasteiger partial charge < -0.3 is 19.7 Å². The van der Waals surface area contributed by atoms with Crippen LogP contribution in [0.25, 0.3) is 0 Å². The number of hydrogen-bond donors (Lipinski definition) is 1. The molecule has 1 saturated heterocycles. The summed E-state index contributed by atoms with van der Waals surface area (Å²) in [5.74, 6) is 0.889. The molecule has 4 heterocycles. The SMILES string of the molecule is Cc1nc2n(n1)CCN(C(=O)CCn1ccccc1=O)CCCC(=O)N1CCCC[C@H]1C(=O)N[C@@H]2Cc1ccccc1. The Kier molecular flexibility index (Phi) is 9.45. The van der Waals surface area contributed by atoms with E-state index < -0.39 is 12.1 Å². The average Bonchev–Trinajstić information content (AvgIpc) is 3.38. The zero-order valence-electron chi connectivity index (χ0n) is 24.2. The van der Waals surface area contributed by atoms with Gasteiger partial charge in [0.1, 0.15) is 17.7 Å². The lowest BCUT2D eigenvalue weighted by molar-refractivity contribution is -0.143. The number of nitrogens with zero attached hydrogens (tertiary/aromatic N) is 6. The van der Waals surface area contributed by atoms with Gasteiger partial charge in [-0.3, -0.25) is 19.2 Å². The summed E-state index contributed by atoms with van der Waals surface area (Å²) in [6.45, 7) is 3.79. The van der Waals surface area contributed by atoms with Crippen LogP contribution in [0.2, 0.25) is 0 Å². The second kappa shape index (κ2) is 13.6. The molecule has 3 amide bonds. The first-order chi connectivity index (χ1) is 20.4. The van der Waals surface area contributed by atoms with Crippen LogP contribution in [-0.4, -0.2) is 72.5 Å². The normalized spacial score (nSPS) is 20.3. The molecule has 0 bridgehead atoms. The molecule has 0 spiro atoms. The van der Waals surface area contributed by atoms with Gasteiger partial charge in [0.15, 0.2) is 0 Å². The van der Waals surface area contributed by atoms with E-state index in [1.165, 1.54) is 10.6 Å². The third-order valence-corrected chi connectivity index (χ3v) is 8.06. The molecule has 0 unspecified atom stereocenters. The fourth-order valence-corrected chi connectivity index (χ4v) is 5.88. The number of pyridine rings is 1. The third kappa shape index (κ3) is 7.13. The summed E-state index contributed by atoms with van der Waals surface area (Å²) in [6.07, 6.45) is 5.46. The molecule has 3 aromatic rings. The zero-order valence-corrected chi connectivity index (χ0v) is 24.2. The van der Waals surface area contributed by atoms with Crippen molar-refractivity contribution in [1.29, 1.82) is 0 Å². The summed E-state index contributed by atoms with van der Waals surface area (Å²) >= 11 is 0. The van der Waals surface area contributed by atoms with Gasteiger partial charge in [0.2, 0.25) is 17.7 Å². The monoisotopic (exact) mass is 573 g/mol. The van der Waals surface area contributed by atoms with Gasteiger partial charge in [0.05, 0.1) is 12.6 Å². The van der Waals surface area contributed by atoms with E-state index in [1.54, 1.807) is 32.8 Å². The van der Waals surface area contributed by atoms with Crippen LogP contribution in [0.5, 0.6) is 0 Å². The molecule has 42 heavy (non-hydrogen) atoms. The maximum absolute atomic E-state index is 13.7. The second-order valence-electron chi connectivity index (χ2n) is 11.1. The van der Waals surface area contributed by atoms with Crippen LogP contribution in [0, 0.1) is 6.92 Å². The highest BCUT2D eigenvalue weighted by atomic mass is 16.2. The predicted molar refractivity (Wildman–Crippen MR) is 156 cm³/mol. The Morgan fingerprint density at radius 3 is 2.57 bits per heavy atom. The number of carbonyl (C=O) groups excluding carboxylic acids is 3. The number of piperidine rings is 1. The lowest BCUT2D eigenvalue weighted by atomic mass is 9.99. The molecule has 0 radical (unpaired) electrons. The predicted octanol–water partition coefficient (Wildman–Crippen LogP) is 2.24. The number of hydrogen-bond acceptors (Lipinski definition) is 6. The highest BCUT2D eigenvalue weighted by molar-refractivity contribution is 5.88. The van der Waals surface area contributed by atoms with Crippen LogP contribution >= 0.6 is 0 Å². The summed E-state index contributed by atoms with van der Waals surface area (Å²) < 4.78 is 3.32. The van der Waals surface area contributed by atoms with Gasteiger partial charge >= 0.3 is 0 Å². The van der Waals surface area contributed by atoms with E-state index in [9.17, 15) is 19.2 Å². The Hall–Kier alpha value is -4.28. The maximum Gasteiger partial charge on any atom is 0.250 e. The summed E-state index contributed by atoms with van der Waals surface area (Å²) in [5, 5.41) is 7.85. The van der Waals surface area contributed by atoms with Gasteiger partial charge in [-0.15, -0.1) is 0 Å². The Morgan fingerprint density at radius 2 is 1.76 bits per heavy atom. The van der Waals surface area contributed by atoms with Gasteiger partial charge in [-0.05, 0) is 50.7 Å². The maximum atomic E-state index is 13.7. The highest BCUT2D eigenvalue weighted by Crippen LogP contribution is 2.23. The van der Waals surface area contributed by atoms with Gasteiger partial charge in [0.25, 0.3) is 5.56 Å². The van der Waals surface area contributed by atoms with Crippen molar-refractivity contribution in [2.45, 2.75) is 77.0 Å². The fraction of sp³-hybridized carbons (Fsp3) is 0.484. The van der Waals surface area contributed by atoms with E-state index in [2.05, 4.69) is 10.4 Å². The molecule has 11 heteroatoms. The Bertz CT molecular complexity index is 1450. The Balaban J connectivity index is 1.43. The van der Waals surface area contributed by atoms with E-state index in [1.807, 2.05) is 37.3 Å². The first-order valence-electron chi connectivity index (χ1n) is 14.9. The highest BCUT2D eigenvalue weighted by Gasteiger charge is 2.34. The van der Waals surface area contributed by atoms with E-state index in [0.29, 0.717) is 57.1 Å². The molecule has 5 rings (SSSR count). The zero-order chi connectivity index (χ0) is 29.5. The van der Waals surface area contributed by atoms with E-state index >= 15 is 0 Å². The van der Waals surface area contributed by atoms with Crippen molar-refractivity contribution >= 4 is 17.7 Å². The molecule has 1 aromatic carbocycles. The summed E-state index contributed by atoms with van der Waals surface area (Å²) in [7, 11) is 0. The molecule has 0 saturated carbocycles. The lowest BCUT2D eigenvalue weighted by Crippen LogP contribution is -2.53. The minimum atomic E-state index is -0.535. The molecule has 0 aliphatic carbocycles. The topological polar surface area (TPSA) is 122 Å². The van der Waals surface area contributed by atoms with Gasteiger partial charge in [-0.25, -0.2) is 9.67 Å². The van der Waals surface area contributed by atoms with Crippen LogP contribution < -0.4 is 10.9 Å². The molecule has 11 nitrogen and oxygen atoms in total. The van der Waals surface area contributed by atoms with Crippen molar-refractivity contribution in [1.82, 2.24) is 34.4 Å². The standard InChI is InChI=1S/C31H39N7O4/c1-23-32-30-25(22-24-10-3-2-4-11-24)33-31(42)26-12-5-8-18-37(26)29(41)14-9-17-36(20-21-38(30)34-23)28(40)15-19-35-16-7-6-13-27(35)39/h2-4,6-7,10-11,13,16,25-26H,5,8-9,12,14-15,17-22H2,1H3,(H,33,42)/t25-,26+/m1/s1. The Labute approximate surface area is 245 Å². The number of nitrogens with one attached hydrogen (secondary N) is 1. The number of fused-ring (bicyclic) bond motifs is 2. The minimum absolute atomic E-state index is 0.0613. The molecule has 2 aliphatic rings. The molecule has 1 N–H and O–H groups in total. The molecular formula is C31H39N7O4. The summed E-state index contributed by atoms with van der Waals surface area (Å²) in [6, 6.07) is 13.8. The van der Waals surface area contributed by atoms with Crippen LogP contribution in [0.1, 0.15) is 61.8 Å². The van der Waals surface area contributed by atoms with Crippen molar-refractivity contribution in [3.8, 4) is 0 Å². The summed E-state index contributed by atoms with van der Waals surface area (Å²) in [5.41, 5.74) is 0.892. The van der Waals surface area contributed by atoms with Crippen molar-refractivity contribution < 1.29 is 14.4 Å². The van der Waals surface area contributed by atoms with E-state index in [-0.39, 0.29) is 42.7 Å². The number of amides is 3. The quantitative estimate of drug-likeness (QED) is 0.500. The number of carbonyl (C=O) groups is 3. The Morgan fingerprint density at radius 1 is 0.952 bits per heavy atom. The minimum Gasteiger partial charge on any atom is -0.344 e. The van der Waals surface area contributed by atoms with Crippen LogP contribution in [-0.2, 0) is 33.9 Å². The van der Waals surface area contributed by atoms with Crippen molar-refractivity contribution in [3.05, 3.63) is 82.3 Å². The summed E-state index contributed by atoms with van der Waals surface area (Å²) in [4.78, 5) is 60.8. The molecule has 222 valence electrons. The van der Waals surface area contributed by atoms with E-state index in [0.717, 1.165) is 18.4 Å². The largest absolute Gasteiger partial charge is 0.344 e. The van der Waals surface area contributed by atoms with Crippen molar-refractivity contribution in [3.63, 3.8) is 0 Å². The van der Waals surface area contributed by atoms with Gasteiger partial charge in [-0.2, -0.15) is 5.10 Å². The van der Waals surface area contributed by atoms with Crippen molar-refractivity contribution in [2.24, 2.45) is 0 Å². The molecule has 1 fully saturated rings. The van der Waals surface area contributed by atoms with Crippen molar-refractivity contribution in [2.75, 3.05) is 19.6 Å². The second-order valence-corrected chi connectivity index (χ2v) is 11.1. The first-order valence-corrected chi connectivity index (χ1v) is 14.9. The molecule has 2 atom stereocenters. The smallest absolute Gasteiger partial charge is 0.250 e. The average molecular weight is 574 g/mol. The third-order valence-electron chi connectivity index (χ3n) is 8.06. The van der Waals surface area contributed by atoms with Crippen LogP contribution in [0.4, 0.5) is 0 Å². The molecular weight excluding hydrogens is 534 g/mol. The van der Waals surface area contributed by atoms with Crippen LogP contribution in [0.3, 0.4) is 0 Å². The number of aromatic nitrogens is 4. The first kappa shape index (κ1) is 29.2. The number of rotatable bonds is 5. The van der Waals surface area contributed by atoms with E-state index in [4.69, 9.17) is 4.98 Å². The van der Waals surface area contributed by atoms with Gasteiger partial charge in [-0.1, -0.05) is 36.4 Å². The fourth-order valence-electron chi connectivity index (χ4n) is 5.88. The number of benzene rings is 1. The molecule has 2 aromatic heterocycles. The lowest BCUT2D eigenvalue weighted by Gasteiger charge is -2.36. The van der Waals surface area contributed by atoms with Gasteiger partial charge in [0, 0.05) is 51.3 Å².